The summed E-state index contributed by atoms with van der Waals surface area (Å²) in [6.07, 6.45) is 0. The van der Waals surface area contributed by atoms with E-state index < -0.39 is 23.3 Å². The van der Waals surface area contributed by atoms with E-state index in [4.69, 9.17) is 4.74 Å². The third-order valence-electron chi connectivity index (χ3n) is 2.95. The van der Waals surface area contributed by atoms with Crippen LogP contribution < -0.4 is 5.32 Å². The Hall–Kier alpha value is -1.88. The minimum atomic E-state index is -1.05. The minimum Gasteiger partial charge on any atom is -0.480 e. The van der Waals surface area contributed by atoms with Gasteiger partial charge in [0.15, 0.2) is 0 Å². The topological polar surface area (TPSA) is 75.6 Å². The third-order valence-corrected chi connectivity index (χ3v) is 2.95. The summed E-state index contributed by atoms with van der Waals surface area (Å²) in [5.41, 5.74) is 0.591. The number of aliphatic carboxylic acids is 1. The normalized spacial score (nSPS) is 12.8. The summed E-state index contributed by atoms with van der Waals surface area (Å²) in [5, 5.41) is 11.8. The van der Waals surface area contributed by atoms with Crippen LogP contribution in [-0.2, 0) is 16.1 Å². The summed E-state index contributed by atoms with van der Waals surface area (Å²) in [6, 6.07) is 6.03. The van der Waals surface area contributed by atoms with Gasteiger partial charge >= 0.3 is 5.97 Å². The Balaban J connectivity index is 2.98. The first-order valence-electron chi connectivity index (χ1n) is 6.38. The van der Waals surface area contributed by atoms with Crippen LogP contribution in [0.5, 0.6) is 0 Å². The molecule has 1 amide bonds. The Morgan fingerprint density at radius 3 is 2.40 bits per heavy atom. The molecule has 0 saturated carbocycles. The fourth-order valence-corrected chi connectivity index (χ4v) is 1.88. The van der Waals surface area contributed by atoms with Crippen LogP contribution in [0.3, 0.4) is 0 Å². The smallest absolute Gasteiger partial charge is 0.326 e. The number of ether oxygens (including phenoxy) is 1. The van der Waals surface area contributed by atoms with E-state index in [9.17, 15) is 14.7 Å². The number of hydrogen-bond donors (Lipinski definition) is 2. The zero-order valence-electron chi connectivity index (χ0n) is 12.3. The number of rotatable bonds is 5. The average Bonchev–Trinajstić information content (AvgIpc) is 2.35. The Labute approximate surface area is 118 Å². The lowest BCUT2D eigenvalue weighted by Crippen LogP contribution is -2.49. The van der Waals surface area contributed by atoms with E-state index in [0.717, 1.165) is 5.56 Å². The highest BCUT2D eigenvalue weighted by Gasteiger charge is 2.33. The Bertz CT molecular complexity index is 491. The molecule has 2 N–H and O–H groups in total. The lowest BCUT2D eigenvalue weighted by Gasteiger charge is -2.28. The van der Waals surface area contributed by atoms with E-state index in [2.05, 4.69) is 5.32 Å². The molecular weight excluding hydrogens is 258 g/mol. The van der Waals surface area contributed by atoms with E-state index in [1.165, 1.54) is 0 Å². The second-order valence-electron chi connectivity index (χ2n) is 5.70. The van der Waals surface area contributed by atoms with Crippen molar-refractivity contribution in [3.05, 3.63) is 35.4 Å². The fourth-order valence-electron chi connectivity index (χ4n) is 1.88. The van der Waals surface area contributed by atoms with Crippen molar-refractivity contribution in [2.24, 2.45) is 5.41 Å². The second-order valence-corrected chi connectivity index (χ2v) is 5.70. The Morgan fingerprint density at radius 1 is 1.30 bits per heavy atom. The summed E-state index contributed by atoms with van der Waals surface area (Å²) in [5.74, 6) is -1.45. The molecule has 0 fully saturated rings. The van der Waals surface area contributed by atoms with Crippen molar-refractivity contribution < 1.29 is 19.4 Å². The molecule has 1 atom stereocenters. The molecule has 0 aromatic heterocycles. The van der Waals surface area contributed by atoms with Crippen molar-refractivity contribution in [1.29, 1.82) is 0 Å². The van der Waals surface area contributed by atoms with Crippen molar-refractivity contribution in [1.82, 2.24) is 5.32 Å². The van der Waals surface area contributed by atoms with E-state index in [1.54, 1.807) is 46.1 Å². The van der Waals surface area contributed by atoms with Crippen LogP contribution in [-0.4, -0.2) is 30.1 Å². The summed E-state index contributed by atoms with van der Waals surface area (Å²) in [6.45, 7) is 5.62. The SMILES string of the molecule is COCc1ccccc1C(=O)N[C@H](C(=O)O)C(C)(C)C. The molecule has 110 valence electrons. The van der Waals surface area contributed by atoms with Crippen molar-refractivity contribution >= 4 is 11.9 Å². The van der Waals surface area contributed by atoms with Gasteiger partial charge in [0.25, 0.3) is 5.91 Å². The summed E-state index contributed by atoms with van der Waals surface area (Å²) in [4.78, 5) is 23.6. The maximum atomic E-state index is 12.3. The van der Waals surface area contributed by atoms with Gasteiger partial charge in [-0.2, -0.15) is 0 Å². The molecule has 0 saturated heterocycles. The summed E-state index contributed by atoms with van der Waals surface area (Å²) >= 11 is 0. The minimum absolute atomic E-state index is 0.302. The van der Waals surface area contributed by atoms with Crippen molar-refractivity contribution in [2.45, 2.75) is 33.4 Å². The second kappa shape index (κ2) is 6.52. The Kier molecular flexibility index (Phi) is 5.27. The van der Waals surface area contributed by atoms with Gasteiger partial charge in [-0.05, 0) is 17.0 Å². The number of carbonyl (C=O) groups is 2. The van der Waals surface area contributed by atoms with Gasteiger partial charge in [0, 0.05) is 12.7 Å². The van der Waals surface area contributed by atoms with Crippen LogP contribution in [0.4, 0.5) is 0 Å². The monoisotopic (exact) mass is 279 g/mol. The van der Waals surface area contributed by atoms with Gasteiger partial charge in [-0.25, -0.2) is 4.79 Å². The maximum Gasteiger partial charge on any atom is 0.326 e. The molecule has 0 heterocycles. The average molecular weight is 279 g/mol. The number of methoxy groups -OCH3 is 1. The predicted molar refractivity (Wildman–Crippen MR) is 75.5 cm³/mol. The molecule has 20 heavy (non-hydrogen) atoms. The van der Waals surface area contributed by atoms with Gasteiger partial charge in [0.05, 0.1) is 6.61 Å². The zero-order chi connectivity index (χ0) is 15.3. The van der Waals surface area contributed by atoms with Gasteiger partial charge in [0.1, 0.15) is 6.04 Å². The molecular formula is C15H21NO4. The van der Waals surface area contributed by atoms with Crippen LogP contribution in [0.25, 0.3) is 0 Å². The molecule has 1 aromatic carbocycles. The molecule has 5 heteroatoms. The third kappa shape index (κ3) is 4.06. The standard InChI is InChI=1S/C15H21NO4/c1-15(2,3)12(14(18)19)16-13(17)11-8-6-5-7-10(11)9-20-4/h5-8,12H,9H2,1-4H3,(H,16,17)(H,18,19)/t12-/m1/s1. The number of hydrogen-bond acceptors (Lipinski definition) is 3. The van der Waals surface area contributed by atoms with Gasteiger partial charge < -0.3 is 15.2 Å². The molecule has 0 aliphatic carbocycles. The van der Waals surface area contributed by atoms with Gasteiger partial charge in [0.2, 0.25) is 0 Å². The maximum absolute atomic E-state index is 12.3. The number of nitrogens with one attached hydrogen (secondary N) is 1. The van der Waals surface area contributed by atoms with E-state index in [1.807, 2.05) is 6.07 Å². The fraction of sp³-hybridized carbons (Fsp3) is 0.467. The largest absolute Gasteiger partial charge is 0.480 e. The quantitative estimate of drug-likeness (QED) is 0.865. The van der Waals surface area contributed by atoms with E-state index >= 15 is 0 Å². The summed E-state index contributed by atoms with van der Waals surface area (Å²) < 4.78 is 5.04. The van der Waals surface area contributed by atoms with Crippen LogP contribution in [0.15, 0.2) is 24.3 Å². The first-order valence-corrected chi connectivity index (χ1v) is 6.38. The van der Waals surface area contributed by atoms with Crippen molar-refractivity contribution in [2.75, 3.05) is 7.11 Å². The van der Waals surface area contributed by atoms with Crippen LogP contribution in [0.2, 0.25) is 0 Å². The van der Waals surface area contributed by atoms with Crippen LogP contribution in [0, 0.1) is 5.41 Å². The van der Waals surface area contributed by atoms with E-state index in [0.29, 0.717) is 12.2 Å². The highest BCUT2D eigenvalue weighted by Crippen LogP contribution is 2.20. The zero-order valence-corrected chi connectivity index (χ0v) is 12.3. The molecule has 0 aliphatic rings. The molecule has 0 radical (unpaired) electrons. The number of amides is 1. The number of carboxylic acid groups (broad SMARTS) is 1. The highest BCUT2D eigenvalue weighted by molar-refractivity contribution is 5.98. The van der Waals surface area contributed by atoms with E-state index in [-0.39, 0.29) is 0 Å². The van der Waals surface area contributed by atoms with Crippen molar-refractivity contribution in [3.8, 4) is 0 Å². The Morgan fingerprint density at radius 2 is 1.90 bits per heavy atom. The molecule has 0 unspecified atom stereocenters. The van der Waals surface area contributed by atoms with Crippen LogP contribution >= 0.6 is 0 Å². The first-order chi connectivity index (χ1) is 9.27. The number of carbonyl (C=O) groups excluding carboxylic acids is 1. The lowest BCUT2D eigenvalue weighted by molar-refractivity contribution is -0.142. The molecule has 0 aliphatic heterocycles. The lowest BCUT2D eigenvalue weighted by atomic mass is 9.86. The van der Waals surface area contributed by atoms with Gasteiger partial charge in [-0.1, -0.05) is 39.0 Å². The van der Waals surface area contributed by atoms with Gasteiger partial charge in [-0.15, -0.1) is 0 Å². The molecule has 0 spiro atoms. The molecule has 1 aromatic rings. The highest BCUT2D eigenvalue weighted by atomic mass is 16.5. The first kappa shape index (κ1) is 16.2. The van der Waals surface area contributed by atoms with Gasteiger partial charge in [-0.3, -0.25) is 4.79 Å². The van der Waals surface area contributed by atoms with Crippen LogP contribution in [0.1, 0.15) is 36.7 Å². The molecule has 0 bridgehead atoms. The molecule has 5 nitrogen and oxygen atoms in total. The number of benzene rings is 1. The summed E-state index contributed by atoms with van der Waals surface area (Å²) in [7, 11) is 1.55. The molecule has 1 rings (SSSR count). The number of carboxylic acids is 1. The predicted octanol–water partition coefficient (Wildman–Crippen LogP) is 2.06. The van der Waals surface area contributed by atoms with Crippen molar-refractivity contribution in [3.63, 3.8) is 0 Å².